The molecule has 0 aliphatic rings. The first-order valence-corrected chi connectivity index (χ1v) is 6.54. The first kappa shape index (κ1) is 13.5. The average Bonchev–Trinajstić information content (AvgIpc) is 2.18. The lowest BCUT2D eigenvalue weighted by Gasteiger charge is -2.11. The van der Waals surface area contributed by atoms with E-state index < -0.39 is 21.7 Å². The van der Waals surface area contributed by atoms with Crippen LogP contribution in [0.5, 0.6) is 0 Å². The number of hydrogen-bond acceptors (Lipinski definition) is 4. The molecule has 0 spiro atoms. The number of para-hydroxylation sites is 1. The monoisotopic (exact) mass is 258 g/mol. The lowest BCUT2D eigenvalue weighted by atomic mass is 10.2. The molecule has 0 fully saturated rings. The van der Waals surface area contributed by atoms with Gasteiger partial charge in [-0.3, -0.25) is 9.52 Å². The van der Waals surface area contributed by atoms with Crippen LogP contribution in [0.25, 0.3) is 0 Å². The highest BCUT2D eigenvalue weighted by Gasteiger charge is 2.16. The van der Waals surface area contributed by atoms with Crippen molar-refractivity contribution in [2.45, 2.75) is 6.54 Å². The molecule has 0 saturated heterocycles. The second-order valence-electron chi connectivity index (χ2n) is 3.44. The third-order valence-electron chi connectivity index (χ3n) is 1.96. The molecule has 0 aliphatic heterocycles. The average molecular weight is 258 g/mol. The number of benzene rings is 1. The van der Waals surface area contributed by atoms with Crippen molar-refractivity contribution >= 4 is 21.7 Å². The van der Waals surface area contributed by atoms with Gasteiger partial charge in [-0.05, 0) is 18.7 Å². The summed E-state index contributed by atoms with van der Waals surface area (Å²) in [5, 5.41) is 11.4. The van der Waals surface area contributed by atoms with Crippen LogP contribution in [0.2, 0.25) is 0 Å². The zero-order valence-corrected chi connectivity index (χ0v) is 10.1. The summed E-state index contributed by atoms with van der Waals surface area (Å²) in [6.07, 6.45) is 0. The van der Waals surface area contributed by atoms with Gasteiger partial charge in [0.25, 0.3) is 0 Å². The Morgan fingerprint density at radius 2 is 2.00 bits per heavy atom. The summed E-state index contributed by atoms with van der Waals surface area (Å²) in [5.41, 5.74) is 1.15. The largest absolute Gasteiger partial charge is 0.480 e. The van der Waals surface area contributed by atoms with E-state index in [9.17, 15) is 13.2 Å². The summed E-state index contributed by atoms with van der Waals surface area (Å²) in [6.45, 7) is 0.492. The van der Waals surface area contributed by atoms with Crippen LogP contribution in [0.3, 0.4) is 0 Å². The number of carbonyl (C=O) groups is 1. The molecule has 0 saturated carbocycles. The lowest BCUT2D eigenvalue weighted by molar-refractivity contribution is -0.134. The van der Waals surface area contributed by atoms with E-state index >= 15 is 0 Å². The van der Waals surface area contributed by atoms with Gasteiger partial charge in [0.15, 0.2) is 5.75 Å². The molecule has 0 aliphatic carbocycles. The van der Waals surface area contributed by atoms with Crippen LogP contribution in [-0.4, -0.2) is 32.3 Å². The number of anilines is 1. The minimum atomic E-state index is -3.85. The van der Waals surface area contributed by atoms with Crippen LogP contribution in [-0.2, 0) is 21.4 Å². The first-order chi connectivity index (χ1) is 7.94. The van der Waals surface area contributed by atoms with E-state index in [1.54, 1.807) is 31.3 Å². The molecule has 0 atom stereocenters. The molecule has 0 aromatic heterocycles. The van der Waals surface area contributed by atoms with Crippen LogP contribution in [0.4, 0.5) is 5.69 Å². The molecular formula is C10H14N2O4S. The van der Waals surface area contributed by atoms with Crippen molar-refractivity contribution < 1.29 is 18.3 Å². The minimum absolute atomic E-state index is 0.392. The van der Waals surface area contributed by atoms with Crippen molar-refractivity contribution in [1.82, 2.24) is 5.32 Å². The Bertz CT molecular complexity index is 499. The number of carboxylic acids is 1. The molecule has 0 bridgehead atoms. The smallest absolute Gasteiger partial charge is 0.320 e. The maximum absolute atomic E-state index is 11.5. The third kappa shape index (κ3) is 4.41. The van der Waals surface area contributed by atoms with Gasteiger partial charge in [0.05, 0.1) is 5.69 Å². The van der Waals surface area contributed by atoms with Crippen LogP contribution in [0, 0.1) is 0 Å². The number of carboxylic acid groups (broad SMARTS) is 1. The molecule has 0 unspecified atom stereocenters. The Morgan fingerprint density at radius 1 is 1.35 bits per heavy atom. The Hall–Kier alpha value is -1.60. The van der Waals surface area contributed by atoms with Crippen molar-refractivity contribution in [2.24, 2.45) is 0 Å². The molecule has 0 amide bonds. The van der Waals surface area contributed by atoms with Gasteiger partial charge in [0.2, 0.25) is 10.0 Å². The first-order valence-electron chi connectivity index (χ1n) is 4.89. The van der Waals surface area contributed by atoms with Crippen molar-refractivity contribution in [2.75, 3.05) is 17.5 Å². The van der Waals surface area contributed by atoms with Gasteiger partial charge in [-0.1, -0.05) is 18.2 Å². The number of nitrogens with one attached hydrogen (secondary N) is 2. The summed E-state index contributed by atoms with van der Waals surface area (Å²) in [7, 11) is -2.11. The zero-order valence-electron chi connectivity index (χ0n) is 9.30. The Morgan fingerprint density at radius 3 is 2.59 bits per heavy atom. The lowest BCUT2D eigenvalue weighted by Crippen LogP contribution is -2.23. The molecule has 1 aromatic rings. The van der Waals surface area contributed by atoms with E-state index in [4.69, 9.17) is 5.11 Å². The normalized spacial score (nSPS) is 11.1. The fraction of sp³-hybridized carbons (Fsp3) is 0.300. The Balaban J connectivity index is 2.91. The second kappa shape index (κ2) is 5.65. The SMILES string of the molecule is CNCc1ccccc1NS(=O)(=O)CC(=O)O. The van der Waals surface area contributed by atoms with Crippen LogP contribution in [0.1, 0.15) is 5.56 Å². The van der Waals surface area contributed by atoms with E-state index in [0.29, 0.717) is 12.2 Å². The topological polar surface area (TPSA) is 95.5 Å². The molecule has 1 rings (SSSR count). The number of sulfonamides is 1. The summed E-state index contributed by atoms with van der Waals surface area (Å²) < 4.78 is 25.2. The molecule has 0 heterocycles. The maximum atomic E-state index is 11.5. The highest BCUT2D eigenvalue weighted by molar-refractivity contribution is 7.93. The summed E-state index contributed by atoms with van der Waals surface area (Å²) in [4.78, 5) is 10.4. The number of aliphatic carboxylic acids is 1. The summed E-state index contributed by atoms with van der Waals surface area (Å²) in [6, 6.07) is 6.81. The van der Waals surface area contributed by atoms with Gasteiger partial charge in [-0.2, -0.15) is 0 Å². The molecule has 7 heteroatoms. The fourth-order valence-electron chi connectivity index (χ4n) is 1.33. The van der Waals surface area contributed by atoms with Crippen LogP contribution < -0.4 is 10.0 Å². The van der Waals surface area contributed by atoms with Crippen LogP contribution in [0.15, 0.2) is 24.3 Å². The second-order valence-corrected chi connectivity index (χ2v) is 5.16. The third-order valence-corrected chi connectivity index (χ3v) is 3.12. The van der Waals surface area contributed by atoms with E-state index in [2.05, 4.69) is 10.0 Å². The van der Waals surface area contributed by atoms with Crippen molar-refractivity contribution in [3.05, 3.63) is 29.8 Å². The van der Waals surface area contributed by atoms with Gasteiger partial charge in [-0.15, -0.1) is 0 Å². The molecule has 94 valence electrons. The van der Waals surface area contributed by atoms with Crippen molar-refractivity contribution in [3.63, 3.8) is 0 Å². The Labute approximate surface area is 99.7 Å². The Kier molecular flexibility index (Phi) is 4.47. The molecule has 6 nitrogen and oxygen atoms in total. The maximum Gasteiger partial charge on any atom is 0.320 e. The molecule has 1 aromatic carbocycles. The quantitative estimate of drug-likeness (QED) is 0.679. The molecular weight excluding hydrogens is 244 g/mol. The van der Waals surface area contributed by atoms with Crippen molar-refractivity contribution in [3.8, 4) is 0 Å². The van der Waals surface area contributed by atoms with Gasteiger partial charge >= 0.3 is 5.97 Å². The fourth-order valence-corrected chi connectivity index (χ4v) is 2.26. The predicted octanol–water partition coefficient (Wildman–Crippen LogP) is 0.232. The molecule has 3 N–H and O–H groups in total. The molecule has 0 radical (unpaired) electrons. The van der Waals surface area contributed by atoms with Crippen molar-refractivity contribution in [1.29, 1.82) is 0 Å². The number of rotatable bonds is 6. The summed E-state index contributed by atoms with van der Waals surface area (Å²) in [5.74, 6) is -2.33. The van der Waals surface area contributed by atoms with E-state index in [1.807, 2.05) is 0 Å². The van der Waals surface area contributed by atoms with E-state index in [0.717, 1.165) is 5.56 Å². The van der Waals surface area contributed by atoms with Gasteiger partial charge in [-0.25, -0.2) is 8.42 Å². The van der Waals surface area contributed by atoms with Gasteiger partial charge in [0.1, 0.15) is 0 Å². The summed E-state index contributed by atoms with van der Waals surface area (Å²) >= 11 is 0. The number of hydrogen-bond donors (Lipinski definition) is 3. The van der Waals surface area contributed by atoms with Gasteiger partial charge in [0, 0.05) is 6.54 Å². The van der Waals surface area contributed by atoms with E-state index in [1.165, 1.54) is 0 Å². The highest BCUT2D eigenvalue weighted by atomic mass is 32.2. The zero-order chi connectivity index (χ0) is 12.9. The van der Waals surface area contributed by atoms with Crippen LogP contribution >= 0.6 is 0 Å². The predicted molar refractivity (Wildman–Crippen MR) is 64.3 cm³/mol. The molecule has 17 heavy (non-hydrogen) atoms. The standard InChI is InChI=1S/C10H14N2O4S/c1-11-6-8-4-2-3-5-9(8)12-17(15,16)7-10(13)14/h2-5,11-12H,6-7H2,1H3,(H,13,14). The minimum Gasteiger partial charge on any atom is -0.480 e. The highest BCUT2D eigenvalue weighted by Crippen LogP contribution is 2.16. The van der Waals surface area contributed by atoms with Gasteiger partial charge < -0.3 is 10.4 Å². The van der Waals surface area contributed by atoms with E-state index in [-0.39, 0.29) is 0 Å².